The van der Waals surface area contributed by atoms with Gasteiger partial charge in [-0.25, -0.2) is 13.2 Å². The lowest BCUT2D eigenvalue weighted by molar-refractivity contribution is -0.129. The molecule has 0 atom stereocenters. The van der Waals surface area contributed by atoms with Crippen molar-refractivity contribution in [2.45, 2.75) is 24.2 Å². The van der Waals surface area contributed by atoms with Crippen molar-refractivity contribution in [2.24, 2.45) is 7.05 Å². The van der Waals surface area contributed by atoms with Crippen LogP contribution in [0.2, 0.25) is 0 Å². The van der Waals surface area contributed by atoms with Crippen LogP contribution in [0.5, 0.6) is 0 Å². The highest BCUT2D eigenvalue weighted by molar-refractivity contribution is 7.92. The van der Waals surface area contributed by atoms with Gasteiger partial charge in [0.2, 0.25) is 5.91 Å². The Morgan fingerprint density at radius 2 is 1.79 bits per heavy atom. The van der Waals surface area contributed by atoms with Gasteiger partial charge in [0, 0.05) is 31.9 Å². The van der Waals surface area contributed by atoms with E-state index in [4.69, 9.17) is 4.42 Å². The number of amides is 1. The van der Waals surface area contributed by atoms with Crippen molar-refractivity contribution in [3.05, 3.63) is 58.6 Å². The van der Waals surface area contributed by atoms with Gasteiger partial charge >= 0.3 is 5.76 Å². The number of anilines is 1. The molecule has 8 nitrogen and oxygen atoms in total. The molecule has 1 N–H and O–H groups in total. The molecule has 0 spiro atoms. The van der Waals surface area contributed by atoms with Gasteiger partial charge in [0.25, 0.3) is 10.0 Å². The number of sulfonamides is 1. The highest BCUT2D eigenvalue weighted by atomic mass is 32.2. The normalized spacial score (nSPS) is 14.4. The molecule has 3 aromatic rings. The number of aryl methyl sites for hydroxylation is 1. The zero-order valence-corrected chi connectivity index (χ0v) is 16.7. The van der Waals surface area contributed by atoms with E-state index in [1.54, 1.807) is 31.3 Å². The van der Waals surface area contributed by atoms with Crippen molar-refractivity contribution < 1.29 is 17.6 Å². The number of likely N-dealkylation sites (tertiary alicyclic amines) is 1. The number of hydrogen-bond donors (Lipinski definition) is 1. The standard InChI is InChI=1S/C20H21N3O5S/c1-22-17-9-8-16(13-18(17)28-20(22)25)29(26,27)21-15-6-4-14(5-7-15)12-19(24)23-10-2-3-11-23/h4-9,13,21H,2-3,10-12H2,1H3. The first-order valence-corrected chi connectivity index (χ1v) is 10.8. The second-order valence-corrected chi connectivity index (χ2v) is 8.81. The first kappa shape index (κ1) is 19.3. The van der Waals surface area contributed by atoms with E-state index in [1.165, 1.54) is 22.8 Å². The minimum absolute atomic E-state index is 0.00682. The number of carbonyl (C=O) groups is 1. The molecule has 1 aliphatic heterocycles. The summed E-state index contributed by atoms with van der Waals surface area (Å²) in [5.41, 5.74) is 1.94. The van der Waals surface area contributed by atoms with Crippen LogP contribution < -0.4 is 10.5 Å². The Bertz CT molecular complexity index is 1220. The van der Waals surface area contributed by atoms with E-state index in [9.17, 15) is 18.0 Å². The molecule has 1 fully saturated rings. The van der Waals surface area contributed by atoms with Crippen LogP contribution in [0, 0.1) is 0 Å². The lowest BCUT2D eigenvalue weighted by Crippen LogP contribution is -2.29. The van der Waals surface area contributed by atoms with Gasteiger partial charge in [0.1, 0.15) is 0 Å². The van der Waals surface area contributed by atoms with Gasteiger partial charge < -0.3 is 9.32 Å². The SMILES string of the molecule is Cn1c(=O)oc2cc(S(=O)(=O)Nc3ccc(CC(=O)N4CCCC4)cc3)ccc21. The molecule has 0 aliphatic carbocycles. The van der Waals surface area contributed by atoms with Crippen molar-refractivity contribution in [3.63, 3.8) is 0 Å². The minimum atomic E-state index is -3.85. The summed E-state index contributed by atoms with van der Waals surface area (Å²) in [5, 5.41) is 0. The Hall–Kier alpha value is -3.07. The number of aromatic nitrogens is 1. The quantitative estimate of drug-likeness (QED) is 0.688. The van der Waals surface area contributed by atoms with Gasteiger partial charge in [-0.2, -0.15) is 0 Å². The van der Waals surface area contributed by atoms with E-state index in [0.29, 0.717) is 17.6 Å². The van der Waals surface area contributed by atoms with Crippen molar-refractivity contribution >= 4 is 32.7 Å². The molecule has 1 saturated heterocycles. The molecule has 1 aromatic heterocycles. The van der Waals surface area contributed by atoms with E-state index >= 15 is 0 Å². The maximum atomic E-state index is 12.7. The third kappa shape index (κ3) is 3.91. The Morgan fingerprint density at radius 1 is 1.10 bits per heavy atom. The third-order valence-electron chi connectivity index (χ3n) is 5.09. The number of nitrogens with one attached hydrogen (secondary N) is 1. The number of oxazole rings is 1. The molecule has 0 radical (unpaired) electrons. The maximum Gasteiger partial charge on any atom is 0.419 e. The summed E-state index contributed by atoms with van der Waals surface area (Å²) in [6.45, 7) is 1.62. The molecule has 0 unspecified atom stereocenters. The smallest absolute Gasteiger partial charge is 0.408 e. The molecule has 29 heavy (non-hydrogen) atoms. The second-order valence-electron chi connectivity index (χ2n) is 7.12. The average molecular weight is 415 g/mol. The monoisotopic (exact) mass is 415 g/mol. The molecular formula is C20H21N3O5S. The minimum Gasteiger partial charge on any atom is -0.408 e. The predicted octanol–water partition coefficient (Wildman–Crippen LogP) is 2.10. The molecule has 4 rings (SSSR count). The Kier molecular flexibility index (Phi) is 4.91. The molecule has 9 heteroatoms. The number of carbonyl (C=O) groups excluding carboxylic acids is 1. The lowest BCUT2D eigenvalue weighted by Gasteiger charge is -2.15. The maximum absolute atomic E-state index is 12.7. The second kappa shape index (κ2) is 7.40. The van der Waals surface area contributed by atoms with E-state index in [1.807, 2.05) is 4.90 Å². The number of benzene rings is 2. The van der Waals surface area contributed by atoms with Crippen LogP contribution in [0.1, 0.15) is 18.4 Å². The van der Waals surface area contributed by atoms with Gasteiger partial charge in [-0.15, -0.1) is 0 Å². The van der Waals surface area contributed by atoms with E-state index in [0.717, 1.165) is 31.5 Å². The van der Waals surface area contributed by atoms with Crippen molar-refractivity contribution in [1.82, 2.24) is 9.47 Å². The van der Waals surface area contributed by atoms with Crippen LogP contribution in [0.4, 0.5) is 5.69 Å². The topological polar surface area (TPSA) is 102 Å². The third-order valence-corrected chi connectivity index (χ3v) is 6.47. The molecule has 0 saturated carbocycles. The lowest BCUT2D eigenvalue weighted by atomic mass is 10.1. The average Bonchev–Trinajstić information content (AvgIpc) is 3.32. The van der Waals surface area contributed by atoms with Crippen LogP contribution in [-0.4, -0.2) is 36.9 Å². The number of nitrogens with zero attached hydrogens (tertiary/aromatic N) is 2. The van der Waals surface area contributed by atoms with Crippen LogP contribution in [0.3, 0.4) is 0 Å². The first-order valence-electron chi connectivity index (χ1n) is 9.33. The highest BCUT2D eigenvalue weighted by Gasteiger charge is 2.19. The molecule has 1 amide bonds. The first-order chi connectivity index (χ1) is 13.8. The fourth-order valence-electron chi connectivity index (χ4n) is 3.44. The Morgan fingerprint density at radius 3 is 2.48 bits per heavy atom. The summed E-state index contributed by atoms with van der Waals surface area (Å²) >= 11 is 0. The molecular weight excluding hydrogens is 394 g/mol. The van der Waals surface area contributed by atoms with Gasteiger partial charge in [0.05, 0.1) is 16.8 Å². The van der Waals surface area contributed by atoms with Crippen LogP contribution in [0.25, 0.3) is 11.1 Å². The van der Waals surface area contributed by atoms with E-state index < -0.39 is 15.8 Å². The molecule has 2 heterocycles. The van der Waals surface area contributed by atoms with E-state index in [-0.39, 0.29) is 16.4 Å². The van der Waals surface area contributed by atoms with Crippen molar-refractivity contribution in [3.8, 4) is 0 Å². The molecule has 2 aromatic carbocycles. The summed E-state index contributed by atoms with van der Waals surface area (Å²) in [6, 6.07) is 11.0. The highest BCUT2D eigenvalue weighted by Crippen LogP contribution is 2.21. The summed E-state index contributed by atoms with van der Waals surface area (Å²) in [6.07, 6.45) is 2.39. The van der Waals surface area contributed by atoms with Gasteiger partial charge in [-0.05, 0) is 42.7 Å². The Labute approximate surface area is 167 Å². The summed E-state index contributed by atoms with van der Waals surface area (Å²) in [5.74, 6) is -0.463. The molecule has 1 aliphatic rings. The van der Waals surface area contributed by atoms with Crippen LogP contribution in [0.15, 0.2) is 56.6 Å². The zero-order chi connectivity index (χ0) is 20.6. The van der Waals surface area contributed by atoms with E-state index in [2.05, 4.69) is 4.72 Å². The number of fused-ring (bicyclic) bond motifs is 1. The fraction of sp³-hybridized carbons (Fsp3) is 0.300. The predicted molar refractivity (Wildman–Crippen MR) is 108 cm³/mol. The van der Waals surface area contributed by atoms with Crippen LogP contribution >= 0.6 is 0 Å². The van der Waals surface area contributed by atoms with Crippen molar-refractivity contribution in [1.29, 1.82) is 0 Å². The van der Waals surface area contributed by atoms with Crippen molar-refractivity contribution in [2.75, 3.05) is 17.8 Å². The molecule has 0 bridgehead atoms. The van der Waals surface area contributed by atoms with Gasteiger partial charge in [0.15, 0.2) is 5.58 Å². The van der Waals surface area contributed by atoms with Gasteiger partial charge in [-0.3, -0.25) is 14.1 Å². The fourth-order valence-corrected chi connectivity index (χ4v) is 4.51. The zero-order valence-electron chi connectivity index (χ0n) is 15.9. The van der Waals surface area contributed by atoms with Crippen LogP contribution in [-0.2, 0) is 28.3 Å². The largest absolute Gasteiger partial charge is 0.419 e. The van der Waals surface area contributed by atoms with Gasteiger partial charge in [-0.1, -0.05) is 12.1 Å². The Balaban J connectivity index is 1.49. The number of hydrogen-bond acceptors (Lipinski definition) is 5. The summed E-state index contributed by atoms with van der Waals surface area (Å²) in [4.78, 5) is 25.7. The molecule has 152 valence electrons. The summed E-state index contributed by atoms with van der Waals surface area (Å²) in [7, 11) is -2.30. The number of rotatable bonds is 5. The summed E-state index contributed by atoms with van der Waals surface area (Å²) < 4.78 is 34.2.